The zero-order valence-electron chi connectivity index (χ0n) is 10.6. The molecule has 1 heterocycles. The highest BCUT2D eigenvalue weighted by molar-refractivity contribution is 7.91. The van der Waals surface area contributed by atoms with E-state index in [2.05, 4.69) is 5.32 Å². The number of alkyl halides is 3. The molecular weight excluding hydrogens is 313 g/mol. The second kappa shape index (κ2) is 5.17. The Morgan fingerprint density at radius 2 is 2.00 bits per heavy atom. The Labute approximate surface area is 118 Å². The van der Waals surface area contributed by atoms with Gasteiger partial charge >= 0.3 is 6.18 Å². The summed E-state index contributed by atoms with van der Waals surface area (Å²) in [7, 11) is -3.19. The zero-order valence-corrected chi connectivity index (χ0v) is 11.4. The van der Waals surface area contributed by atoms with Gasteiger partial charge in [0.25, 0.3) is 5.69 Å². The number of hydrogen-bond donors (Lipinski definition) is 1. The summed E-state index contributed by atoms with van der Waals surface area (Å²) in [5.74, 6) is -0.232. The zero-order chi connectivity index (χ0) is 15.8. The van der Waals surface area contributed by atoms with Gasteiger partial charge in [-0.3, -0.25) is 10.1 Å². The Bertz CT molecular complexity index is 673. The molecule has 0 spiro atoms. The molecule has 1 aliphatic heterocycles. The third-order valence-electron chi connectivity index (χ3n) is 3.11. The van der Waals surface area contributed by atoms with Crippen molar-refractivity contribution in [2.45, 2.75) is 18.6 Å². The number of sulfone groups is 1. The number of nitrogens with one attached hydrogen (secondary N) is 1. The molecule has 1 aromatic rings. The highest BCUT2D eigenvalue weighted by atomic mass is 32.2. The number of hydrogen-bond acceptors (Lipinski definition) is 5. The molecule has 1 saturated heterocycles. The molecule has 0 bridgehead atoms. The fourth-order valence-electron chi connectivity index (χ4n) is 2.11. The molecule has 0 aliphatic carbocycles. The van der Waals surface area contributed by atoms with Gasteiger partial charge in [0.15, 0.2) is 9.84 Å². The van der Waals surface area contributed by atoms with Gasteiger partial charge in [0.05, 0.1) is 22.0 Å². The lowest BCUT2D eigenvalue weighted by Crippen LogP contribution is -2.21. The summed E-state index contributed by atoms with van der Waals surface area (Å²) >= 11 is 0. The molecule has 1 aromatic carbocycles. The fourth-order valence-corrected chi connectivity index (χ4v) is 3.78. The van der Waals surface area contributed by atoms with Crippen molar-refractivity contribution in [3.63, 3.8) is 0 Å². The van der Waals surface area contributed by atoms with E-state index in [1.165, 1.54) is 0 Å². The predicted octanol–water partition coefficient (Wildman–Crippen LogP) is 2.21. The Kier molecular flexibility index (Phi) is 3.83. The normalized spacial score (nSPS) is 21.2. The van der Waals surface area contributed by atoms with Gasteiger partial charge in [0.2, 0.25) is 0 Å². The van der Waals surface area contributed by atoms with E-state index >= 15 is 0 Å². The van der Waals surface area contributed by atoms with E-state index in [0.717, 1.165) is 12.1 Å². The van der Waals surface area contributed by atoms with Crippen molar-refractivity contribution in [1.29, 1.82) is 0 Å². The van der Waals surface area contributed by atoms with Crippen molar-refractivity contribution in [1.82, 2.24) is 0 Å². The minimum absolute atomic E-state index is 0.0426. The van der Waals surface area contributed by atoms with Crippen molar-refractivity contribution in [2.75, 3.05) is 16.8 Å². The van der Waals surface area contributed by atoms with E-state index < -0.39 is 38.2 Å². The van der Waals surface area contributed by atoms with Gasteiger partial charge in [-0.25, -0.2) is 8.42 Å². The fraction of sp³-hybridized carbons (Fsp3) is 0.455. The molecule has 0 unspecified atom stereocenters. The summed E-state index contributed by atoms with van der Waals surface area (Å²) in [5.41, 5.74) is -1.97. The van der Waals surface area contributed by atoms with Crippen LogP contribution in [-0.2, 0) is 16.0 Å². The van der Waals surface area contributed by atoms with Crippen LogP contribution in [0, 0.1) is 10.1 Å². The average Bonchev–Trinajstić information content (AvgIpc) is 2.67. The number of anilines is 1. The second-order valence-electron chi connectivity index (χ2n) is 4.73. The Morgan fingerprint density at radius 3 is 2.48 bits per heavy atom. The SMILES string of the molecule is O=[N+]([O-])c1cc(C(F)(F)F)ccc1N[C@H]1CCS(=O)(=O)C1. The minimum Gasteiger partial charge on any atom is -0.376 e. The molecule has 1 atom stereocenters. The summed E-state index contributed by atoms with van der Waals surface area (Å²) in [6.45, 7) is 0. The molecule has 1 N–H and O–H groups in total. The first-order valence-corrected chi connectivity index (χ1v) is 7.73. The van der Waals surface area contributed by atoms with E-state index in [1.807, 2.05) is 0 Å². The van der Waals surface area contributed by atoms with Gasteiger partial charge in [-0.2, -0.15) is 13.2 Å². The average molecular weight is 324 g/mol. The lowest BCUT2D eigenvalue weighted by Gasteiger charge is -2.14. The van der Waals surface area contributed by atoms with Crippen LogP contribution in [0.1, 0.15) is 12.0 Å². The first kappa shape index (κ1) is 15.5. The maximum absolute atomic E-state index is 12.5. The van der Waals surface area contributed by atoms with Crippen molar-refractivity contribution in [2.24, 2.45) is 0 Å². The Hall–Kier alpha value is -1.84. The summed E-state index contributed by atoms with van der Waals surface area (Å²) < 4.78 is 60.3. The van der Waals surface area contributed by atoms with Crippen LogP contribution in [0.3, 0.4) is 0 Å². The second-order valence-corrected chi connectivity index (χ2v) is 6.96. The maximum Gasteiger partial charge on any atom is 0.416 e. The highest BCUT2D eigenvalue weighted by Gasteiger charge is 2.34. The van der Waals surface area contributed by atoms with Crippen LogP contribution in [0.4, 0.5) is 24.5 Å². The minimum atomic E-state index is -4.68. The largest absolute Gasteiger partial charge is 0.416 e. The Balaban J connectivity index is 2.30. The molecule has 6 nitrogen and oxygen atoms in total. The standard InChI is InChI=1S/C11H11F3N2O4S/c12-11(13,14)7-1-2-9(10(5-7)16(17)18)15-8-3-4-21(19,20)6-8/h1-2,5,8,15H,3-4,6H2/t8-/m0/s1. The number of rotatable bonds is 3. The first-order valence-electron chi connectivity index (χ1n) is 5.91. The smallest absolute Gasteiger partial charge is 0.376 e. The molecular formula is C11H11F3N2O4S. The van der Waals surface area contributed by atoms with E-state index in [9.17, 15) is 31.7 Å². The number of nitro benzene ring substituents is 1. The first-order chi connectivity index (χ1) is 9.58. The van der Waals surface area contributed by atoms with Gasteiger partial charge in [-0.05, 0) is 18.6 Å². The molecule has 1 aliphatic rings. The van der Waals surface area contributed by atoms with Gasteiger partial charge in [-0.1, -0.05) is 0 Å². The molecule has 0 saturated carbocycles. The van der Waals surface area contributed by atoms with Crippen molar-refractivity contribution >= 4 is 21.2 Å². The van der Waals surface area contributed by atoms with Crippen LogP contribution in [0.15, 0.2) is 18.2 Å². The molecule has 2 rings (SSSR count). The molecule has 1 fully saturated rings. The lowest BCUT2D eigenvalue weighted by atomic mass is 10.1. The van der Waals surface area contributed by atoms with Gasteiger partial charge in [0, 0.05) is 12.1 Å². The number of benzene rings is 1. The third kappa shape index (κ3) is 3.63. The predicted molar refractivity (Wildman–Crippen MR) is 68.8 cm³/mol. The number of nitro groups is 1. The van der Waals surface area contributed by atoms with E-state index in [4.69, 9.17) is 0 Å². The summed E-state index contributed by atoms with van der Waals surface area (Å²) in [4.78, 5) is 9.95. The summed E-state index contributed by atoms with van der Waals surface area (Å²) in [6, 6.07) is 1.57. The molecule has 10 heteroatoms. The maximum atomic E-state index is 12.5. The van der Waals surface area contributed by atoms with E-state index in [-0.39, 0.29) is 23.6 Å². The topological polar surface area (TPSA) is 89.3 Å². The number of halogens is 3. The van der Waals surface area contributed by atoms with Crippen LogP contribution in [0.5, 0.6) is 0 Å². The van der Waals surface area contributed by atoms with Crippen molar-refractivity contribution < 1.29 is 26.5 Å². The van der Waals surface area contributed by atoms with E-state index in [1.54, 1.807) is 0 Å². The van der Waals surface area contributed by atoms with Crippen LogP contribution in [-0.4, -0.2) is 30.9 Å². The molecule has 0 amide bonds. The Morgan fingerprint density at radius 1 is 1.33 bits per heavy atom. The van der Waals surface area contributed by atoms with Crippen molar-refractivity contribution in [3.05, 3.63) is 33.9 Å². The van der Waals surface area contributed by atoms with Gasteiger partial charge in [0.1, 0.15) is 5.69 Å². The molecule has 21 heavy (non-hydrogen) atoms. The molecule has 116 valence electrons. The molecule has 0 radical (unpaired) electrons. The van der Waals surface area contributed by atoms with Crippen LogP contribution < -0.4 is 5.32 Å². The van der Waals surface area contributed by atoms with Crippen LogP contribution in [0.25, 0.3) is 0 Å². The van der Waals surface area contributed by atoms with Gasteiger partial charge < -0.3 is 5.32 Å². The van der Waals surface area contributed by atoms with Crippen molar-refractivity contribution in [3.8, 4) is 0 Å². The quantitative estimate of drug-likeness (QED) is 0.680. The molecule has 0 aromatic heterocycles. The lowest BCUT2D eigenvalue weighted by molar-refractivity contribution is -0.384. The van der Waals surface area contributed by atoms with Crippen LogP contribution in [0.2, 0.25) is 0 Å². The number of nitrogens with zero attached hydrogens (tertiary/aromatic N) is 1. The van der Waals surface area contributed by atoms with Gasteiger partial charge in [-0.15, -0.1) is 0 Å². The summed E-state index contributed by atoms with van der Waals surface area (Å²) in [5, 5.41) is 13.5. The highest BCUT2D eigenvalue weighted by Crippen LogP contribution is 2.35. The summed E-state index contributed by atoms with van der Waals surface area (Å²) in [6.07, 6.45) is -4.42. The third-order valence-corrected chi connectivity index (χ3v) is 4.88. The van der Waals surface area contributed by atoms with Crippen LogP contribution >= 0.6 is 0 Å². The monoisotopic (exact) mass is 324 g/mol. The van der Waals surface area contributed by atoms with E-state index in [0.29, 0.717) is 6.07 Å².